The molecule has 0 aliphatic rings. The van der Waals surface area contributed by atoms with Crippen LogP contribution in [0.4, 0.5) is 5.69 Å². The minimum Gasteiger partial charge on any atom is -0.490 e. The second kappa shape index (κ2) is 18.7. The molecule has 0 radical (unpaired) electrons. The molecule has 0 atom stereocenters. The van der Waals surface area contributed by atoms with Crippen LogP contribution in [-0.4, -0.2) is 25.1 Å². The topological polar surface area (TPSA) is 64.6 Å². The molecular weight excluding hydrogens is 390 g/mol. The van der Waals surface area contributed by atoms with E-state index in [0.717, 1.165) is 18.5 Å². The summed E-state index contributed by atoms with van der Waals surface area (Å²) in [6, 6.07) is 7.11. The normalized spacial score (nSPS) is 10.6. The number of amides is 1. The summed E-state index contributed by atoms with van der Waals surface area (Å²) in [5.41, 5.74) is 0.726. The molecule has 1 aromatic carbocycles. The van der Waals surface area contributed by atoms with Gasteiger partial charge in [-0.1, -0.05) is 84.0 Å². The first-order valence-corrected chi connectivity index (χ1v) is 12.3. The van der Waals surface area contributed by atoms with Crippen molar-refractivity contribution in [2.45, 2.75) is 104 Å². The van der Waals surface area contributed by atoms with E-state index >= 15 is 0 Å². The van der Waals surface area contributed by atoms with Crippen molar-refractivity contribution in [3.05, 3.63) is 24.3 Å². The Balaban J connectivity index is 1.88. The maximum Gasteiger partial charge on any atom is 0.305 e. The van der Waals surface area contributed by atoms with Crippen molar-refractivity contribution in [2.75, 3.05) is 18.5 Å². The van der Waals surface area contributed by atoms with Crippen molar-refractivity contribution in [1.29, 1.82) is 0 Å². The van der Waals surface area contributed by atoms with E-state index in [1.807, 2.05) is 0 Å². The van der Waals surface area contributed by atoms with Crippen molar-refractivity contribution >= 4 is 17.6 Å². The SMILES string of the molecule is CCCCCCCCCCCCCCCC(=O)OCCOc1ccc(NC(C)=O)cc1. The van der Waals surface area contributed by atoms with E-state index in [-0.39, 0.29) is 18.5 Å². The van der Waals surface area contributed by atoms with Crippen molar-refractivity contribution in [3.8, 4) is 5.75 Å². The van der Waals surface area contributed by atoms with E-state index in [1.54, 1.807) is 24.3 Å². The van der Waals surface area contributed by atoms with E-state index in [4.69, 9.17) is 9.47 Å². The predicted molar refractivity (Wildman–Crippen MR) is 128 cm³/mol. The summed E-state index contributed by atoms with van der Waals surface area (Å²) in [5, 5.41) is 2.70. The van der Waals surface area contributed by atoms with Crippen molar-refractivity contribution in [3.63, 3.8) is 0 Å². The number of carbonyl (C=O) groups is 2. The molecule has 1 amide bonds. The van der Waals surface area contributed by atoms with Gasteiger partial charge in [0.1, 0.15) is 19.0 Å². The number of hydrogen-bond acceptors (Lipinski definition) is 4. The fourth-order valence-corrected chi connectivity index (χ4v) is 3.51. The lowest BCUT2D eigenvalue weighted by Crippen LogP contribution is -2.12. The van der Waals surface area contributed by atoms with E-state index < -0.39 is 0 Å². The van der Waals surface area contributed by atoms with Gasteiger partial charge in [0.15, 0.2) is 0 Å². The number of anilines is 1. The Hall–Kier alpha value is -2.04. The zero-order chi connectivity index (χ0) is 22.6. The van der Waals surface area contributed by atoms with Crippen LogP contribution in [0.1, 0.15) is 104 Å². The van der Waals surface area contributed by atoms with Crippen molar-refractivity contribution in [1.82, 2.24) is 0 Å². The molecule has 0 aliphatic carbocycles. The summed E-state index contributed by atoms with van der Waals surface area (Å²) in [6.45, 7) is 4.31. The first-order chi connectivity index (χ1) is 15.1. The summed E-state index contributed by atoms with van der Waals surface area (Å²) in [4.78, 5) is 22.8. The highest BCUT2D eigenvalue weighted by Gasteiger charge is 2.03. The van der Waals surface area contributed by atoms with Crippen LogP contribution in [0.2, 0.25) is 0 Å². The van der Waals surface area contributed by atoms with Crippen LogP contribution in [-0.2, 0) is 14.3 Å². The molecule has 0 heterocycles. The van der Waals surface area contributed by atoms with Gasteiger partial charge in [-0.3, -0.25) is 9.59 Å². The van der Waals surface area contributed by atoms with Crippen LogP contribution in [0.25, 0.3) is 0 Å². The number of benzene rings is 1. The number of unbranched alkanes of at least 4 members (excludes halogenated alkanes) is 12. The summed E-state index contributed by atoms with van der Waals surface area (Å²) < 4.78 is 10.8. The molecule has 0 aromatic heterocycles. The molecule has 0 saturated heterocycles. The summed E-state index contributed by atoms with van der Waals surface area (Å²) in [7, 11) is 0. The lowest BCUT2D eigenvalue weighted by molar-refractivity contribution is -0.144. The number of rotatable bonds is 19. The van der Waals surface area contributed by atoms with Gasteiger partial charge < -0.3 is 14.8 Å². The number of nitrogens with one attached hydrogen (secondary N) is 1. The van der Waals surface area contributed by atoms with Gasteiger partial charge in [-0.05, 0) is 30.7 Å². The molecule has 1 aromatic rings. The Bertz CT molecular complexity index is 586. The maximum absolute atomic E-state index is 11.8. The first kappa shape index (κ1) is 27.0. The molecule has 5 heteroatoms. The highest BCUT2D eigenvalue weighted by molar-refractivity contribution is 5.88. The van der Waals surface area contributed by atoms with Gasteiger partial charge in [-0.15, -0.1) is 0 Å². The maximum atomic E-state index is 11.8. The molecule has 5 nitrogen and oxygen atoms in total. The zero-order valence-corrected chi connectivity index (χ0v) is 19.8. The second-order valence-corrected chi connectivity index (χ2v) is 8.27. The Labute approximate surface area is 189 Å². The van der Waals surface area contributed by atoms with Crippen LogP contribution in [0.15, 0.2) is 24.3 Å². The number of ether oxygens (including phenoxy) is 2. The van der Waals surface area contributed by atoms with Gasteiger partial charge in [0.25, 0.3) is 0 Å². The third-order valence-electron chi connectivity index (χ3n) is 5.27. The molecular formula is C26H43NO4. The standard InChI is InChI=1S/C26H43NO4/c1-3-4-5-6-7-8-9-10-11-12-13-14-15-16-26(29)31-22-21-30-25-19-17-24(18-20-25)27-23(2)28/h17-20H,3-16,21-22H2,1-2H3,(H,27,28). The van der Waals surface area contributed by atoms with E-state index in [1.165, 1.54) is 77.6 Å². The number of esters is 1. The highest BCUT2D eigenvalue weighted by atomic mass is 16.6. The van der Waals surface area contributed by atoms with Gasteiger partial charge in [-0.25, -0.2) is 0 Å². The molecule has 31 heavy (non-hydrogen) atoms. The van der Waals surface area contributed by atoms with Gasteiger partial charge in [0.2, 0.25) is 5.91 Å². The van der Waals surface area contributed by atoms with Crippen LogP contribution in [0.3, 0.4) is 0 Å². The lowest BCUT2D eigenvalue weighted by Gasteiger charge is -2.08. The molecule has 176 valence electrons. The van der Waals surface area contributed by atoms with Gasteiger partial charge in [0, 0.05) is 19.0 Å². The van der Waals surface area contributed by atoms with Gasteiger partial charge >= 0.3 is 5.97 Å². The number of carbonyl (C=O) groups excluding carboxylic acids is 2. The smallest absolute Gasteiger partial charge is 0.305 e. The monoisotopic (exact) mass is 433 g/mol. The minimum atomic E-state index is -0.146. The van der Waals surface area contributed by atoms with Gasteiger partial charge in [-0.2, -0.15) is 0 Å². The highest BCUT2D eigenvalue weighted by Crippen LogP contribution is 2.16. The molecule has 0 unspecified atom stereocenters. The largest absolute Gasteiger partial charge is 0.490 e. The first-order valence-electron chi connectivity index (χ1n) is 12.3. The van der Waals surface area contributed by atoms with Crippen LogP contribution >= 0.6 is 0 Å². The molecule has 0 bridgehead atoms. The molecule has 0 fully saturated rings. The van der Waals surface area contributed by atoms with Crippen LogP contribution < -0.4 is 10.1 Å². The number of hydrogen-bond donors (Lipinski definition) is 1. The molecule has 1 N–H and O–H groups in total. The van der Waals surface area contributed by atoms with Crippen LogP contribution in [0.5, 0.6) is 5.75 Å². The van der Waals surface area contributed by atoms with Crippen molar-refractivity contribution < 1.29 is 19.1 Å². The Morgan fingerprint density at radius 3 is 1.77 bits per heavy atom. The third kappa shape index (κ3) is 16.3. The summed E-state index contributed by atoms with van der Waals surface area (Å²) in [6.07, 6.45) is 17.3. The second-order valence-electron chi connectivity index (χ2n) is 8.27. The fourth-order valence-electron chi connectivity index (χ4n) is 3.51. The molecule has 0 spiro atoms. The minimum absolute atomic E-state index is 0.107. The zero-order valence-electron chi connectivity index (χ0n) is 19.8. The van der Waals surface area contributed by atoms with Crippen LogP contribution in [0, 0.1) is 0 Å². The Morgan fingerprint density at radius 2 is 1.26 bits per heavy atom. The lowest BCUT2D eigenvalue weighted by atomic mass is 10.0. The fraction of sp³-hybridized carbons (Fsp3) is 0.692. The Kier molecular flexibility index (Phi) is 16.3. The van der Waals surface area contributed by atoms with E-state index in [0.29, 0.717) is 18.8 Å². The molecule has 0 saturated carbocycles. The molecule has 0 aliphatic heterocycles. The van der Waals surface area contributed by atoms with Gasteiger partial charge in [0.05, 0.1) is 0 Å². The Morgan fingerprint density at radius 1 is 0.742 bits per heavy atom. The average Bonchev–Trinajstić information content (AvgIpc) is 2.75. The summed E-state index contributed by atoms with van der Waals surface area (Å²) in [5.74, 6) is 0.429. The average molecular weight is 434 g/mol. The van der Waals surface area contributed by atoms with Crippen molar-refractivity contribution in [2.24, 2.45) is 0 Å². The molecule has 1 rings (SSSR count). The summed E-state index contributed by atoms with van der Waals surface area (Å²) >= 11 is 0. The van der Waals surface area contributed by atoms with E-state index in [2.05, 4.69) is 12.2 Å². The predicted octanol–water partition coefficient (Wildman–Crippen LogP) is 7.05. The third-order valence-corrected chi connectivity index (χ3v) is 5.27. The van der Waals surface area contributed by atoms with E-state index in [9.17, 15) is 9.59 Å². The quantitative estimate of drug-likeness (QED) is 0.187.